The number of nitrogens with one attached hydrogen (secondary N) is 2. The zero-order valence-electron chi connectivity index (χ0n) is 11.9. The SMILES string of the molecule is CC1NCCCC1NC(=O)COc1ccc([N+](=O)[O-])cc1. The molecule has 0 aliphatic carbocycles. The number of carbonyl (C=O) groups excluding carboxylic acids is 1. The van der Waals surface area contributed by atoms with Gasteiger partial charge < -0.3 is 15.4 Å². The first-order valence-corrected chi connectivity index (χ1v) is 6.96. The van der Waals surface area contributed by atoms with E-state index < -0.39 is 4.92 Å². The average molecular weight is 293 g/mol. The molecule has 1 aromatic carbocycles. The zero-order valence-corrected chi connectivity index (χ0v) is 11.9. The molecule has 1 fully saturated rings. The number of amides is 1. The number of ether oxygens (including phenoxy) is 1. The fraction of sp³-hybridized carbons (Fsp3) is 0.500. The lowest BCUT2D eigenvalue weighted by Gasteiger charge is -2.30. The van der Waals surface area contributed by atoms with Crippen LogP contribution in [-0.2, 0) is 4.79 Å². The molecule has 7 nitrogen and oxygen atoms in total. The third-order valence-corrected chi connectivity index (χ3v) is 3.53. The number of carbonyl (C=O) groups is 1. The molecule has 1 aliphatic heterocycles. The lowest BCUT2D eigenvalue weighted by molar-refractivity contribution is -0.384. The molecule has 1 aliphatic rings. The molecule has 2 rings (SSSR count). The minimum absolute atomic E-state index is 0.00564. The zero-order chi connectivity index (χ0) is 15.2. The van der Waals surface area contributed by atoms with Gasteiger partial charge in [0.25, 0.3) is 11.6 Å². The van der Waals surface area contributed by atoms with Crippen LogP contribution in [0.5, 0.6) is 5.75 Å². The second-order valence-electron chi connectivity index (χ2n) is 5.10. The van der Waals surface area contributed by atoms with Gasteiger partial charge in [-0.1, -0.05) is 0 Å². The van der Waals surface area contributed by atoms with Gasteiger partial charge in [-0.2, -0.15) is 0 Å². The van der Waals surface area contributed by atoms with Gasteiger partial charge in [-0.15, -0.1) is 0 Å². The van der Waals surface area contributed by atoms with Crippen LogP contribution in [-0.4, -0.2) is 36.1 Å². The Morgan fingerprint density at radius 1 is 1.48 bits per heavy atom. The molecule has 7 heteroatoms. The summed E-state index contributed by atoms with van der Waals surface area (Å²) in [4.78, 5) is 21.9. The molecule has 0 aromatic heterocycles. The molecule has 2 atom stereocenters. The van der Waals surface area contributed by atoms with Crippen LogP contribution in [0.2, 0.25) is 0 Å². The molecule has 0 saturated carbocycles. The van der Waals surface area contributed by atoms with E-state index in [2.05, 4.69) is 10.6 Å². The molecule has 21 heavy (non-hydrogen) atoms. The van der Waals surface area contributed by atoms with Gasteiger partial charge in [0, 0.05) is 24.2 Å². The maximum absolute atomic E-state index is 11.8. The van der Waals surface area contributed by atoms with Crippen LogP contribution in [0.15, 0.2) is 24.3 Å². The van der Waals surface area contributed by atoms with Crippen LogP contribution in [0, 0.1) is 10.1 Å². The lowest BCUT2D eigenvalue weighted by atomic mass is 10.00. The van der Waals surface area contributed by atoms with Crippen LogP contribution < -0.4 is 15.4 Å². The van der Waals surface area contributed by atoms with Gasteiger partial charge in [0.05, 0.1) is 4.92 Å². The molecule has 1 amide bonds. The standard InChI is InChI=1S/C14H19N3O4/c1-10-13(3-2-8-15-10)16-14(18)9-21-12-6-4-11(5-7-12)17(19)20/h4-7,10,13,15H,2-3,8-9H2,1H3,(H,16,18). The number of non-ortho nitro benzene ring substituents is 1. The molecule has 0 radical (unpaired) electrons. The smallest absolute Gasteiger partial charge is 0.269 e. The largest absolute Gasteiger partial charge is 0.484 e. The highest BCUT2D eigenvalue weighted by atomic mass is 16.6. The topological polar surface area (TPSA) is 93.5 Å². The van der Waals surface area contributed by atoms with Crippen molar-refractivity contribution in [2.75, 3.05) is 13.2 Å². The van der Waals surface area contributed by atoms with Gasteiger partial charge in [0.15, 0.2) is 6.61 Å². The summed E-state index contributed by atoms with van der Waals surface area (Å²) in [5.41, 5.74) is -0.00564. The van der Waals surface area contributed by atoms with Gasteiger partial charge in [0.2, 0.25) is 0 Å². The van der Waals surface area contributed by atoms with Crippen LogP contribution in [0.3, 0.4) is 0 Å². The number of nitro benzene ring substituents is 1. The van der Waals surface area contributed by atoms with E-state index in [1.807, 2.05) is 6.92 Å². The predicted octanol–water partition coefficient (Wildman–Crippen LogP) is 1.23. The number of piperidine rings is 1. The summed E-state index contributed by atoms with van der Waals surface area (Å²) in [6.07, 6.45) is 2.00. The Morgan fingerprint density at radius 2 is 2.19 bits per heavy atom. The minimum atomic E-state index is -0.478. The lowest BCUT2D eigenvalue weighted by Crippen LogP contribution is -2.52. The minimum Gasteiger partial charge on any atom is -0.484 e. The summed E-state index contributed by atoms with van der Waals surface area (Å²) in [5.74, 6) is 0.250. The van der Waals surface area contributed by atoms with Crippen LogP contribution in [0.1, 0.15) is 19.8 Å². The molecule has 1 aromatic rings. The monoisotopic (exact) mass is 293 g/mol. The molecular formula is C14H19N3O4. The van der Waals surface area contributed by atoms with E-state index in [9.17, 15) is 14.9 Å². The highest BCUT2D eigenvalue weighted by molar-refractivity contribution is 5.78. The van der Waals surface area contributed by atoms with Crippen molar-refractivity contribution in [3.05, 3.63) is 34.4 Å². The van der Waals surface area contributed by atoms with Crippen LogP contribution >= 0.6 is 0 Å². The maximum atomic E-state index is 11.8. The summed E-state index contributed by atoms with van der Waals surface area (Å²) in [5, 5.41) is 16.8. The average Bonchev–Trinajstić information content (AvgIpc) is 2.48. The van der Waals surface area contributed by atoms with Gasteiger partial charge >= 0.3 is 0 Å². The summed E-state index contributed by atoms with van der Waals surface area (Å²) in [7, 11) is 0. The number of nitrogens with zero attached hydrogens (tertiary/aromatic N) is 1. The maximum Gasteiger partial charge on any atom is 0.269 e. The Labute approximate surface area is 122 Å². The third-order valence-electron chi connectivity index (χ3n) is 3.53. The van der Waals surface area contributed by atoms with E-state index in [1.165, 1.54) is 24.3 Å². The number of hydrogen-bond donors (Lipinski definition) is 2. The summed E-state index contributed by atoms with van der Waals surface area (Å²) in [6, 6.07) is 6.03. The highest BCUT2D eigenvalue weighted by Crippen LogP contribution is 2.17. The Hall–Kier alpha value is -2.15. The van der Waals surface area contributed by atoms with Gasteiger partial charge in [0.1, 0.15) is 5.75 Å². The molecule has 1 saturated heterocycles. The van der Waals surface area contributed by atoms with E-state index >= 15 is 0 Å². The Balaban J connectivity index is 1.79. The van der Waals surface area contributed by atoms with E-state index in [0.717, 1.165) is 19.4 Å². The molecule has 2 unspecified atom stereocenters. The van der Waals surface area contributed by atoms with Crippen molar-refractivity contribution in [3.8, 4) is 5.75 Å². The molecular weight excluding hydrogens is 274 g/mol. The second-order valence-corrected chi connectivity index (χ2v) is 5.10. The molecule has 1 heterocycles. The van der Waals surface area contributed by atoms with Crippen molar-refractivity contribution in [1.82, 2.24) is 10.6 Å². The van der Waals surface area contributed by atoms with Gasteiger partial charge in [-0.05, 0) is 38.4 Å². The Morgan fingerprint density at radius 3 is 2.81 bits per heavy atom. The number of rotatable bonds is 5. The Bertz CT molecular complexity index is 503. The van der Waals surface area contributed by atoms with E-state index in [1.54, 1.807) is 0 Å². The fourth-order valence-corrected chi connectivity index (χ4v) is 2.30. The fourth-order valence-electron chi connectivity index (χ4n) is 2.30. The molecule has 2 N–H and O–H groups in total. The first kappa shape index (κ1) is 15.2. The number of hydrogen-bond acceptors (Lipinski definition) is 5. The quantitative estimate of drug-likeness (QED) is 0.629. The summed E-state index contributed by atoms with van der Waals surface area (Å²) in [6.45, 7) is 2.93. The van der Waals surface area contributed by atoms with E-state index in [4.69, 9.17) is 4.74 Å². The van der Waals surface area contributed by atoms with Crippen molar-refractivity contribution in [3.63, 3.8) is 0 Å². The van der Waals surface area contributed by atoms with Crippen molar-refractivity contribution < 1.29 is 14.5 Å². The van der Waals surface area contributed by atoms with Crippen LogP contribution in [0.25, 0.3) is 0 Å². The first-order chi connectivity index (χ1) is 10.1. The third kappa shape index (κ3) is 4.42. The highest BCUT2D eigenvalue weighted by Gasteiger charge is 2.22. The van der Waals surface area contributed by atoms with Crippen LogP contribution in [0.4, 0.5) is 5.69 Å². The normalized spacial score (nSPS) is 21.6. The summed E-state index contributed by atoms with van der Waals surface area (Å²) >= 11 is 0. The second kappa shape index (κ2) is 7.03. The molecule has 114 valence electrons. The van der Waals surface area contributed by atoms with E-state index in [0.29, 0.717) is 5.75 Å². The molecule has 0 spiro atoms. The van der Waals surface area contributed by atoms with Crippen molar-refractivity contribution in [1.29, 1.82) is 0 Å². The first-order valence-electron chi connectivity index (χ1n) is 6.96. The van der Waals surface area contributed by atoms with Gasteiger partial charge in [-0.3, -0.25) is 14.9 Å². The van der Waals surface area contributed by atoms with E-state index in [-0.39, 0.29) is 30.3 Å². The Kier molecular flexibility index (Phi) is 5.10. The molecule has 0 bridgehead atoms. The number of benzene rings is 1. The van der Waals surface area contributed by atoms with Crippen molar-refractivity contribution >= 4 is 11.6 Å². The van der Waals surface area contributed by atoms with Gasteiger partial charge in [-0.25, -0.2) is 0 Å². The van der Waals surface area contributed by atoms with Crippen molar-refractivity contribution in [2.45, 2.75) is 31.8 Å². The number of nitro groups is 1. The predicted molar refractivity (Wildman–Crippen MR) is 77.2 cm³/mol. The summed E-state index contributed by atoms with van der Waals surface area (Å²) < 4.78 is 5.32. The van der Waals surface area contributed by atoms with Crippen molar-refractivity contribution in [2.24, 2.45) is 0 Å².